The van der Waals surface area contributed by atoms with Crippen LogP contribution in [0, 0.1) is 12.8 Å². The van der Waals surface area contributed by atoms with E-state index in [9.17, 15) is 4.79 Å². The zero-order chi connectivity index (χ0) is 25.1. The second-order valence-corrected chi connectivity index (χ2v) is 9.36. The van der Waals surface area contributed by atoms with Crippen molar-refractivity contribution in [2.45, 2.75) is 32.9 Å². The van der Waals surface area contributed by atoms with Gasteiger partial charge in [-0.15, -0.1) is 0 Å². The zero-order valence-corrected chi connectivity index (χ0v) is 21.1. The van der Waals surface area contributed by atoms with E-state index < -0.39 is 0 Å². The third-order valence-electron chi connectivity index (χ3n) is 6.54. The first-order chi connectivity index (χ1) is 17.5. The summed E-state index contributed by atoms with van der Waals surface area (Å²) in [7, 11) is 1.92. The Hall–Kier alpha value is -3.49. The van der Waals surface area contributed by atoms with Crippen LogP contribution in [0.25, 0.3) is 22.2 Å². The molecule has 0 spiro atoms. The molecular weight excluding hydrogens is 478 g/mol. The van der Waals surface area contributed by atoms with Crippen molar-refractivity contribution in [2.75, 3.05) is 13.2 Å². The molecule has 1 fully saturated rings. The number of carbonyl (C=O) groups excluding carboxylic acids is 1. The number of para-hydroxylation sites is 1. The molecule has 0 radical (unpaired) electrons. The number of aryl methyl sites for hydroxylation is 2. The average Bonchev–Trinajstić information content (AvgIpc) is 3.32. The molecule has 4 aromatic rings. The third-order valence-corrected chi connectivity index (χ3v) is 6.86. The Labute approximate surface area is 214 Å². The van der Waals surface area contributed by atoms with Crippen molar-refractivity contribution in [3.63, 3.8) is 0 Å². The van der Waals surface area contributed by atoms with E-state index in [0.717, 1.165) is 51.8 Å². The smallest absolute Gasteiger partial charge is 0.223 e. The molecule has 9 heteroatoms. The number of hydrogen-bond donors (Lipinski definition) is 1. The van der Waals surface area contributed by atoms with Crippen LogP contribution in [0.3, 0.4) is 0 Å². The molecule has 5 rings (SSSR count). The summed E-state index contributed by atoms with van der Waals surface area (Å²) in [5.74, 6) is 0.662. The first kappa shape index (κ1) is 24.2. The third kappa shape index (κ3) is 5.05. The van der Waals surface area contributed by atoms with Crippen molar-refractivity contribution < 1.29 is 14.3 Å². The minimum atomic E-state index is -0.0239. The Kier molecular flexibility index (Phi) is 7.16. The van der Waals surface area contributed by atoms with Gasteiger partial charge >= 0.3 is 0 Å². The van der Waals surface area contributed by atoms with E-state index in [1.165, 1.54) is 0 Å². The molecule has 1 saturated heterocycles. The molecule has 0 saturated carbocycles. The fourth-order valence-corrected chi connectivity index (χ4v) is 4.80. The minimum absolute atomic E-state index is 0.0239. The number of nitrogens with one attached hydrogen (secondary N) is 1. The number of amides is 1. The number of benzene rings is 1. The van der Waals surface area contributed by atoms with E-state index >= 15 is 0 Å². The maximum absolute atomic E-state index is 12.6. The number of halogens is 1. The van der Waals surface area contributed by atoms with Gasteiger partial charge in [0.1, 0.15) is 17.9 Å². The topological polar surface area (TPSA) is 91.2 Å². The van der Waals surface area contributed by atoms with Crippen LogP contribution in [-0.4, -0.2) is 38.9 Å². The van der Waals surface area contributed by atoms with Crippen LogP contribution in [0.2, 0.25) is 5.02 Å². The summed E-state index contributed by atoms with van der Waals surface area (Å²) in [6.07, 6.45) is 6.58. The molecule has 0 atom stereocenters. The Morgan fingerprint density at radius 2 is 2.08 bits per heavy atom. The van der Waals surface area contributed by atoms with Crippen molar-refractivity contribution in [2.24, 2.45) is 13.0 Å². The molecule has 1 N–H and O–H groups in total. The van der Waals surface area contributed by atoms with Crippen LogP contribution in [0.15, 0.2) is 48.9 Å². The molecular formula is C27H28ClN5O3. The molecule has 36 heavy (non-hydrogen) atoms. The highest BCUT2D eigenvalue weighted by molar-refractivity contribution is 6.31. The summed E-state index contributed by atoms with van der Waals surface area (Å²) >= 11 is 6.52. The molecule has 0 aliphatic carbocycles. The lowest BCUT2D eigenvalue weighted by atomic mass is 9.99. The van der Waals surface area contributed by atoms with Crippen molar-refractivity contribution in [3.05, 3.63) is 70.8 Å². The number of carbonyl (C=O) groups is 1. The molecule has 0 unspecified atom stereocenters. The van der Waals surface area contributed by atoms with Gasteiger partial charge in [-0.1, -0.05) is 23.7 Å². The standard InChI is InChI=1S/C27H28ClN5O3/c1-17-12-21(24-6-9-31-33(24)2)20-4-3-5-25(26(20)32-17)36-16-22-19(13-29-15-23(22)28)14-30-27(34)18-7-10-35-11-8-18/h3-6,9,12-13,15,18H,7-8,10-11,14,16H2,1-2H3,(H,30,34). The highest BCUT2D eigenvalue weighted by Gasteiger charge is 2.22. The fraction of sp³-hybridized carbons (Fsp3) is 0.333. The lowest BCUT2D eigenvalue weighted by Gasteiger charge is -2.21. The zero-order valence-electron chi connectivity index (χ0n) is 20.3. The molecule has 1 aromatic carbocycles. The van der Waals surface area contributed by atoms with E-state index in [1.54, 1.807) is 18.6 Å². The van der Waals surface area contributed by atoms with Crippen molar-refractivity contribution >= 4 is 28.4 Å². The molecule has 1 aliphatic heterocycles. The second kappa shape index (κ2) is 10.6. The van der Waals surface area contributed by atoms with Crippen LogP contribution < -0.4 is 10.1 Å². The Morgan fingerprint density at radius 3 is 2.86 bits per heavy atom. The largest absolute Gasteiger partial charge is 0.487 e. The van der Waals surface area contributed by atoms with Gasteiger partial charge in [0.25, 0.3) is 0 Å². The van der Waals surface area contributed by atoms with Gasteiger partial charge in [0.2, 0.25) is 5.91 Å². The summed E-state index contributed by atoms with van der Waals surface area (Å²) in [5.41, 5.74) is 5.31. The first-order valence-electron chi connectivity index (χ1n) is 12.0. The predicted molar refractivity (Wildman–Crippen MR) is 138 cm³/mol. The van der Waals surface area contributed by atoms with Gasteiger partial charge in [0.15, 0.2) is 0 Å². The molecule has 186 valence electrons. The summed E-state index contributed by atoms with van der Waals surface area (Å²) in [5, 5.41) is 8.82. The van der Waals surface area contributed by atoms with E-state index in [-0.39, 0.29) is 18.4 Å². The molecule has 0 bridgehead atoms. The predicted octanol–water partition coefficient (Wildman–Crippen LogP) is 4.61. The van der Waals surface area contributed by atoms with Crippen LogP contribution in [-0.2, 0) is 29.7 Å². The number of ether oxygens (including phenoxy) is 2. The van der Waals surface area contributed by atoms with Gasteiger partial charge in [-0.05, 0) is 43.5 Å². The number of nitrogens with zero attached hydrogens (tertiary/aromatic N) is 4. The summed E-state index contributed by atoms with van der Waals surface area (Å²) in [6, 6.07) is 9.94. The van der Waals surface area contributed by atoms with Gasteiger partial charge in [-0.2, -0.15) is 5.10 Å². The van der Waals surface area contributed by atoms with Gasteiger partial charge in [-0.25, -0.2) is 4.98 Å². The van der Waals surface area contributed by atoms with E-state index in [4.69, 9.17) is 26.1 Å². The molecule has 8 nitrogen and oxygen atoms in total. The van der Waals surface area contributed by atoms with Crippen LogP contribution in [0.4, 0.5) is 0 Å². The molecule has 4 heterocycles. The normalized spacial score (nSPS) is 14.2. The van der Waals surface area contributed by atoms with Crippen molar-refractivity contribution in [1.29, 1.82) is 0 Å². The Bertz CT molecular complexity index is 1400. The maximum Gasteiger partial charge on any atom is 0.223 e. The van der Waals surface area contributed by atoms with E-state index in [1.807, 2.05) is 42.9 Å². The van der Waals surface area contributed by atoms with Gasteiger partial charge < -0.3 is 14.8 Å². The molecule has 3 aromatic heterocycles. The maximum atomic E-state index is 12.6. The number of fused-ring (bicyclic) bond motifs is 1. The quantitative estimate of drug-likeness (QED) is 0.394. The molecule has 1 amide bonds. The van der Waals surface area contributed by atoms with E-state index in [0.29, 0.717) is 30.5 Å². The SMILES string of the molecule is Cc1cc(-c2ccnn2C)c2cccc(OCc3c(Cl)cncc3CNC(=O)C3CCOCC3)c2n1. The number of pyridine rings is 2. The first-order valence-corrected chi connectivity index (χ1v) is 12.4. The van der Waals surface area contributed by atoms with Crippen molar-refractivity contribution in [3.8, 4) is 17.0 Å². The number of hydrogen-bond acceptors (Lipinski definition) is 6. The van der Waals surface area contributed by atoms with Crippen LogP contribution >= 0.6 is 11.6 Å². The summed E-state index contributed by atoms with van der Waals surface area (Å²) in [6.45, 7) is 3.77. The highest BCUT2D eigenvalue weighted by atomic mass is 35.5. The Balaban J connectivity index is 1.38. The van der Waals surface area contributed by atoms with Gasteiger partial charge in [0.05, 0.1) is 10.7 Å². The monoisotopic (exact) mass is 505 g/mol. The van der Waals surface area contributed by atoms with Crippen LogP contribution in [0.1, 0.15) is 29.7 Å². The average molecular weight is 506 g/mol. The molecule has 1 aliphatic rings. The lowest BCUT2D eigenvalue weighted by Crippen LogP contribution is -2.34. The highest BCUT2D eigenvalue weighted by Crippen LogP contribution is 2.33. The summed E-state index contributed by atoms with van der Waals surface area (Å²) < 4.78 is 13.5. The minimum Gasteiger partial charge on any atom is -0.487 e. The van der Waals surface area contributed by atoms with Crippen molar-refractivity contribution in [1.82, 2.24) is 25.1 Å². The number of aromatic nitrogens is 4. The van der Waals surface area contributed by atoms with Gasteiger partial charge in [0, 0.05) is 73.5 Å². The summed E-state index contributed by atoms with van der Waals surface area (Å²) in [4.78, 5) is 21.6. The van der Waals surface area contributed by atoms with Crippen LogP contribution in [0.5, 0.6) is 5.75 Å². The van der Waals surface area contributed by atoms with Gasteiger partial charge in [-0.3, -0.25) is 14.5 Å². The number of rotatable bonds is 7. The lowest BCUT2D eigenvalue weighted by molar-refractivity contribution is -0.128. The fourth-order valence-electron chi connectivity index (χ4n) is 4.57. The van der Waals surface area contributed by atoms with E-state index in [2.05, 4.69) is 21.5 Å². The second-order valence-electron chi connectivity index (χ2n) is 8.96. The Morgan fingerprint density at radius 1 is 1.25 bits per heavy atom.